The minimum atomic E-state index is -0.450. The van der Waals surface area contributed by atoms with E-state index < -0.39 is 6.04 Å². The molecule has 2 heterocycles. The number of carbonyl (C=O) groups is 2. The molecular weight excluding hydrogens is 378 g/mol. The van der Waals surface area contributed by atoms with Gasteiger partial charge in [-0.15, -0.1) is 10.2 Å². The van der Waals surface area contributed by atoms with Gasteiger partial charge >= 0.3 is 0 Å². The second kappa shape index (κ2) is 9.00. The lowest BCUT2D eigenvalue weighted by Gasteiger charge is -2.19. The van der Waals surface area contributed by atoms with Gasteiger partial charge in [-0.1, -0.05) is 54.6 Å². The Labute approximate surface area is 173 Å². The molecule has 4 rings (SSSR count). The zero-order chi connectivity index (χ0) is 20.8. The van der Waals surface area contributed by atoms with Crippen LogP contribution in [0.3, 0.4) is 0 Å². The van der Waals surface area contributed by atoms with Crippen LogP contribution < -0.4 is 10.6 Å². The summed E-state index contributed by atoms with van der Waals surface area (Å²) in [5.41, 5.74) is 2.14. The lowest BCUT2D eigenvalue weighted by molar-refractivity contribution is -0.121. The number of hydrogen-bond donors (Lipinski definition) is 2. The monoisotopic (exact) mass is 399 g/mol. The molecule has 30 heavy (non-hydrogen) atoms. The van der Waals surface area contributed by atoms with E-state index in [2.05, 4.69) is 20.8 Å². The number of nitrogens with zero attached hydrogens (tertiary/aromatic N) is 3. The lowest BCUT2D eigenvalue weighted by Crippen LogP contribution is -2.33. The summed E-state index contributed by atoms with van der Waals surface area (Å²) in [6, 6.07) is 23.6. The first-order chi connectivity index (χ1) is 14.7. The molecule has 0 aliphatic carbocycles. The van der Waals surface area contributed by atoms with Crippen LogP contribution in [0.4, 0.5) is 0 Å². The van der Waals surface area contributed by atoms with Gasteiger partial charge in [-0.05, 0) is 29.8 Å². The SMILES string of the molecule is O=C(CC(NC(=O)c1ccccc1)c1ccccc1)NCc1nnc2ccccn12. The third-order valence-corrected chi connectivity index (χ3v) is 4.76. The maximum absolute atomic E-state index is 12.7. The fraction of sp³-hybridized carbons (Fsp3) is 0.130. The van der Waals surface area contributed by atoms with E-state index in [9.17, 15) is 9.59 Å². The molecule has 0 fully saturated rings. The molecule has 1 atom stereocenters. The van der Waals surface area contributed by atoms with Gasteiger partial charge in [0.25, 0.3) is 5.91 Å². The summed E-state index contributed by atoms with van der Waals surface area (Å²) < 4.78 is 1.83. The molecule has 1 unspecified atom stereocenters. The fourth-order valence-corrected chi connectivity index (χ4v) is 3.22. The zero-order valence-electron chi connectivity index (χ0n) is 16.2. The minimum absolute atomic E-state index is 0.110. The Hall–Kier alpha value is -4.00. The van der Waals surface area contributed by atoms with Gasteiger partial charge in [-0.3, -0.25) is 14.0 Å². The summed E-state index contributed by atoms with van der Waals surface area (Å²) in [4.78, 5) is 25.3. The first kappa shape index (κ1) is 19.3. The molecule has 0 radical (unpaired) electrons. The van der Waals surface area contributed by atoms with Crippen LogP contribution in [0.2, 0.25) is 0 Å². The van der Waals surface area contributed by atoms with Gasteiger partial charge in [-0.2, -0.15) is 0 Å². The highest BCUT2D eigenvalue weighted by atomic mass is 16.2. The number of aromatic nitrogens is 3. The van der Waals surface area contributed by atoms with E-state index in [1.807, 2.05) is 77.3 Å². The van der Waals surface area contributed by atoms with Crippen molar-refractivity contribution >= 4 is 17.5 Å². The van der Waals surface area contributed by atoms with Crippen LogP contribution in [0.15, 0.2) is 85.1 Å². The van der Waals surface area contributed by atoms with Crippen LogP contribution >= 0.6 is 0 Å². The Morgan fingerprint density at radius 1 is 0.867 bits per heavy atom. The number of amides is 2. The van der Waals surface area contributed by atoms with E-state index in [0.717, 1.165) is 11.2 Å². The third-order valence-electron chi connectivity index (χ3n) is 4.76. The van der Waals surface area contributed by atoms with Gasteiger partial charge in [0.1, 0.15) is 0 Å². The molecule has 0 aliphatic rings. The second-order valence-electron chi connectivity index (χ2n) is 6.83. The normalized spacial score (nSPS) is 11.7. The number of benzene rings is 2. The largest absolute Gasteiger partial charge is 0.349 e. The average molecular weight is 399 g/mol. The molecule has 0 aliphatic heterocycles. The summed E-state index contributed by atoms with van der Waals surface area (Å²) in [6.45, 7) is 0.248. The first-order valence-corrected chi connectivity index (χ1v) is 9.67. The standard InChI is InChI=1S/C23H21N5O2/c29-22(24-16-21-27-26-20-13-7-8-14-28(20)21)15-19(17-9-3-1-4-10-17)25-23(30)18-11-5-2-6-12-18/h1-14,19H,15-16H2,(H,24,29)(H,25,30). The first-order valence-electron chi connectivity index (χ1n) is 9.67. The highest BCUT2D eigenvalue weighted by Gasteiger charge is 2.19. The molecule has 7 nitrogen and oxygen atoms in total. The summed E-state index contributed by atoms with van der Waals surface area (Å²) in [5.74, 6) is 0.231. The van der Waals surface area contributed by atoms with Crippen LogP contribution in [-0.4, -0.2) is 26.4 Å². The average Bonchev–Trinajstić information content (AvgIpc) is 3.21. The Bertz CT molecular complexity index is 1140. The molecule has 7 heteroatoms. The summed E-state index contributed by atoms with van der Waals surface area (Å²) >= 11 is 0. The van der Waals surface area contributed by atoms with E-state index in [1.165, 1.54) is 0 Å². The molecule has 0 bridgehead atoms. The molecule has 4 aromatic rings. The summed E-state index contributed by atoms with van der Waals surface area (Å²) in [6.07, 6.45) is 1.96. The molecular formula is C23H21N5O2. The Morgan fingerprint density at radius 3 is 2.33 bits per heavy atom. The summed E-state index contributed by atoms with van der Waals surface area (Å²) in [7, 11) is 0. The van der Waals surface area contributed by atoms with Crippen molar-refractivity contribution in [2.45, 2.75) is 19.0 Å². The van der Waals surface area contributed by atoms with E-state index in [1.54, 1.807) is 12.1 Å². The molecule has 0 saturated carbocycles. The van der Waals surface area contributed by atoms with Crippen molar-refractivity contribution in [1.82, 2.24) is 25.2 Å². The van der Waals surface area contributed by atoms with E-state index in [-0.39, 0.29) is 24.8 Å². The number of pyridine rings is 1. The second-order valence-corrected chi connectivity index (χ2v) is 6.83. The van der Waals surface area contributed by atoms with Crippen LogP contribution in [0.1, 0.15) is 34.2 Å². The minimum Gasteiger partial charge on any atom is -0.349 e. The van der Waals surface area contributed by atoms with Crippen molar-refractivity contribution in [3.05, 3.63) is 102 Å². The van der Waals surface area contributed by atoms with Crippen molar-refractivity contribution < 1.29 is 9.59 Å². The molecule has 2 aromatic carbocycles. The fourth-order valence-electron chi connectivity index (χ4n) is 3.22. The van der Waals surface area contributed by atoms with Crippen LogP contribution in [0.25, 0.3) is 5.65 Å². The maximum Gasteiger partial charge on any atom is 0.251 e. The van der Waals surface area contributed by atoms with Crippen LogP contribution in [0.5, 0.6) is 0 Å². The number of rotatable bonds is 7. The third kappa shape index (κ3) is 4.52. The molecule has 0 spiro atoms. The molecule has 2 amide bonds. The number of carbonyl (C=O) groups excluding carboxylic acids is 2. The summed E-state index contributed by atoms with van der Waals surface area (Å²) in [5, 5.41) is 14.1. The molecule has 150 valence electrons. The highest BCUT2D eigenvalue weighted by Crippen LogP contribution is 2.17. The van der Waals surface area contributed by atoms with Gasteiger partial charge in [0, 0.05) is 11.8 Å². The predicted octanol–water partition coefficient (Wildman–Crippen LogP) is 2.91. The van der Waals surface area contributed by atoms with Crippen molar-refractivity contribution in [3.63, 3.8) is 0 Å². The van der Waals surface area contributed by atoms with Gasteiger partial charge in [-0.25, -0.2) is 0 Å². The topological polar surface area (TPSA) is 88.4 Å². The van der Waals surface area contributed by atoms with Gasteiger partial charge in [0.2, 0.25) is 5.91 Å². The van der Waals surface area contributed by atoms with Gasteiger partial charge < -0.3 is 10.6 Å². The smallest absolute Gasteiger partial charge is 0.251 e. The van der Waals surface area contributed by atoms with E-state index >= 15 is 0 Å². The van der Waals surface area contributed by atoms with Gasteiger partial charge in [0.05, 0.1) is 19.0 Å². The van der Waals surface area contributed by atoms with Crippen molar-refractivity contribution in [2.75, 3.05) is 0 Å². The molecule has 2 aromatic heterocycles. The predicted molar refractivity (Wildman–Crippen MR) is 113 cm³/mol. The van der Waals surface area contributed by atoms with E-state index in [4.69, 9.17) is 0 Å². The Morgan fingerprint density at radius 2 is 1.57 bits per heavy atom. The quantitative estimate of drug-likeness (QED) is 0.500. The Balaban J connectivity index is 1.44. The lowest BCUT2D eigenvalue weighted by atomic mass is 10.0. The number of hydrogen-bond acceptors (Lipinski definition) is 4. The number of nitrogens with one attached hydrogen (secondary N) is 2. The van der Waals surface area contributed by atoms with Gasteiger partial charge in [0.15, 0.2) is 11.5 Å². The van der Waals surface area contributed by atoms with Crippen LogP contribution in [0, 0.1) is 0 Å². The molecule has 0 saturated heterocycles. The maximum atomic E-state index is 12.7. The van der Waals surface area contributed by atoms with Crippen molar-refractivity contribution in [1.29, 1.82) is 0 Å². The Kier molecular flexibility index (Phi) is 5.80. The highest BCUT2D eigenvalue weighted by molar-refractivity contribution is 5.94. The van der Waals surface area contributed by atoms with Crippen LogP contribution in [-0.2, 0) is 11.3 Å². The zero-order valence-corrected chi connectivity index (χ0v) is 16.2. The van der Waals surface area contributed by atoms with E-state index in [0.29, 0.717) is 11.4 Å². The van der Waals surface area contributed by atoms with Crippen molar-refractivity contribution in [2.24, 2.45) is 0 Å². The number of fused-ring (bicyclic) bond motifs is 1. The van der Waals surface area contributed by atoms with Crippen molar-refractivity contribution in [3.8, 4) is 0 Å². The molecule has 2 N–H and O–H groups in total.